The normalized spacial score (nSPS) is 11.4. The van der Waals surface area contributed by atoms with E-state index in [1.165, 1.54) is 0 Å². The van der Waals surface area contributed by atoms with Gasteiger partial charge in [-0.1, -0.05) is 56.2 Å². The molecule has 0 aliphatic rings. The molecule has 0 bridgehead atoms. The van der Waals surface area contributed by atoms with Gasteiger partial charge >= 0.3 is 0 Å². The molecule has 0 amide bonds. The Hall–Kier alpha value is -0.940. The van der Waals surface area contributed by atoms with Crippen molar-refractivity contribution in [1.29, 1.82) is 0 Å². The lowest BCUT2D eigenvalue weighted by Crippen LogP contribution is -2.11. The fourth-order valence-electron chi connectivity index (χ4n) is 1.66. The molecular weight excluding hydrogens is 266 g/mol. The van der Waals surface area contributed by atoms with Crippen molar-refractivity contribution in [3.05, 3.63) is 35.4 Å². The number of rotatable bonds is 7. The molecule has 0 radical (unpaired) electrons. The van der Waals surface area contributed by atoms with E-state index in [2.05, 4.69) is 6.92 Å². The number of hydrogen-bond acceptors (Lipinski definition) is 3. The van der Waals surface area contributed by atoms with E-state index in [0.29, 0.717) is 4.99 Å². The highest BCUT2D eigenvalue weighted by Crippen LogP contribution is 2.10. The van der Waals surface area contributed by atoms with Crippen LogP contribution in [-0.4, -0.2) is 19.2 Å². The molecule has 0 spiro atoms. The smallest absolute Gasteiger partial charge is 0.154 e. The summed E-state index contributed by atoms with van der Waals surface area (Å²) < 4.78 is 23.7. The summed E-state index contributed by atoms with van der Waals surface area (Å²) in [5.74, 6) is 0.353. The van der Waals surface area contributed by atoms with Gasteiger partial charge in [0.25, 0.3) is 0 Å². The minimum absolute atomic E-state index is 0.0916. The van der Waals surface area contributed by atoms with E-state index in [0.717, 1.165) is 30.4 Å². The third kappa shape index (κ3) is 5.14. The molecule has 100 valence electrons. The first-order chi connectivity index (χ1) is 8.44. The molecule has 2 N–H and O–H groups in total. The molecular formula is C13H19NO2S2. The minimum atomic E-state index is -3.00. The van der Waals surface area contributed by atoms with Gasteiger partial charge in [0.1, 0.15) is 4.99 Å². The maximum Gasteiger partial charge on any atom is 0.154 e. The van der Waals surface area contributed by atoms with Crippen LogP contribution in [-0.2, 0) is 15.6 Å². The number of sulfone groups is 1. The quantitative estimate of drug-likeness (QED) is 0.617. The average molecular weight is 285 g/mol. The molecule has 0 saturated carbocycles. The summed E-state index contributed by atoms with van der Waals surface area (Å²) in [6, 6.07) is 7.07. The number of benzene rings is 1. The van der Waals surface area contributed by atoms with Crippen molar-refractivity contribution in [2.45, 2.75) is 31.9 Å². The van der Waals surface area contributed by atoms with Crippen LogP contribution in [0.5, 0.6) is 0 Å². The summed E-state index contributed by atoms with van der Waals surface area (Å²) in [4.78, 5) is 0.326. The maximum atomic E-state index is 11.8. The number of nitrogens with two attached hydrogens (primary N) is 1. The van der Waals surface area contributed by atoms with Gasteiger partial charge in [0.15, 0.2) is 9.84 Å². The molecule has 5 heteroatoms. The minimum Gasteiger partial charge on any atom is -0.389 e. The van der Waals surface area contributed by atoms with Gasteiger partial charge in [-0.05, 0) is 12.0 Å². The first kappa shape index (κ1) is 15.1. The molecule has 0 atom stereocenters. The monoisotopic (exact) mass is 285 g/mol. The van der Waals surface area contributed by atoms with Crippen molar-refractivity contribution in [3.63, 3.8) is 0 Å². The second-order valence-corrected chi connectivity index (χ2v) is 6.98. The standard InChI is InChI=1S/C13H19NO2S2/c1-2-3-4-9-18(15,16)10-11-5-7-12(8-6-11)13(14)17/h5-8H,2-4,9-10H2,1H3,(H2,14,17). The van der Waals surface area contributed by atoms with Gasteiger partial charge in [-0.3, -0.25) is 0 Å². The van der Waals surface area contributed by atoms with E-state index in [4.69, 9.17) is 18.0 Å². The van der Waals surface area contributed by atoms with Crippen LogP contribution in [0.4, 0.5) is 0 Å². The summed E-state index contributed by atoms with van der Waals surface area (Å²) in [5, 5.41) is 0. The van der Waals surface area contributed by atoms with Crippen molar-refractivity contribution in [1.82, 2.24) is 0 Å². The summed E-state index contributed by atoms with van der Waals surface area (Å²) >= 11 is 4.85. The highest BCUT2D eigenvalue weighted by atomic mass is 32.2. The Morgan fingerprint density at radius 3 is 2.33 bits per heavy atom. The fourth-order valence-corrected chi connectivity index (χ4v) is 3.29. The van der Waals surface area contributed by atoms with Crippen LogP contribution in [0.1, 0.15) is 37.3 Å². The second-order valence-electron chi connectivity index (χ2n) is 4.36. The maximum absolute atomic E-state index is 11.8. The fraction of sp³-hybridized carbons (Fsp3) is 0.462. The van der Waals surface area contributed by atoms with Crippen molar-refractivity contribution < 1.29 is 8.42 Å². The Labute approximate surface area is 114 Å². The van der Waals surface area contributed by atoms with Crippen LogP contribution in [0.15, 0.2) is 24.3 Å². The largest absolute Gasteiger partial charge is 0.389 e. The molecule has 1 rings (SSSR count). The Morgan fingerprint density at radius 1 is 1.22 bits per heavy atom. The molecule has 0 aliphatic heterocycles. The number of hydrogen-bond donors (Lipinski definition) is 1. The molecule has 1 aromatic carbocycles. The zero-order valence-electron chi connectivity index (χ0n) is 10.6. The van der Waals surface area contributed by atoms with Crippen molar-refractivity contribution in [3.8, 4) is 0 Å². The van der Waals surface area contributed by atoms with Gasteiger partial charge in [0, 0.05) is 5.56 Å². The van der Waals surface area contributed by atoms with Crippen molar-refractivity contribution in [2.24, 2.45) is 5.73 Å². The van der Waals surface area contributed by atoms with Crippen LogP contribution < -0.4 is 5.73 Å². The molecule has 0 saturated heterocycles. The predicted octanol–water partition coefficient (Wildman–Crippen LogP) is 2.43. The van der Waals surface area contributed by atoms with Crippen LogP contribution >= 0.6 is 12.2 Å². The van der Waals surface area contributed by atoms with Gasteiger partial charge < -0.3 is 5.73 Å². The van der Waals surface area contributed by atoms with Gasteiger partial charge in [0.2, 0.25) is 0 Å². The first-order valence-corrected chi connectivity index (χ1v) is 8.27. The summed E-state index contributed by atoms with van der Waals surface area (Å²) in [5.41, 5.74) is 7.03. The molecule has 1 aromatic rings. The Bertz CT molecular complexity index is 492. The lowest BCUT2D eigenvalue weighted by Gasteiger charge is -2.05. The molecule has 0 heterocycles. The summed E-state index contributed by atoms with van der Waals surface area (Å²) in [6.45, 7) is 2.06. The lowest BCUT2D eigenvalue weighted by molar-refractivity contribution is 0.590. The number of unbranched alkanes of at least 4 members (excludes halogenated alkanes) is 2. The topological polar surface area (TPSA) is 60.2 Å². The predicted molar refractivity (Wildman–Crippen MR) is 79.3 cm³/mol. The van der Waals surface area contributed by atoms with Crippen LogP contribution in [0.2, 0.25) is 0 Å². The van der Waals surface area contributed by atoms with Crippen LogP contribution in [0.25, 0.3) is 0 Å². The SMILES string of the molecule is CCCCCS(=O)(=O)Cc1ccc(C(N)=S)cc1. The van der Waals surface area contributed by atoms with E-state index >= 15 is 0 Å². The summed E-state index contributed by atoms with van der Waals surface area (Å²) in [7, 11) is -3.00. The lowest BCUT2D eigenvalue weighted by atomic mass is 10.1. The van der Waals surface area contributed by atoms with Gasteiger partial charge in [-0.15, -0.1) is 0 Å². The van der Waals surface area contributed by atoms with E-state index in [1.807, 2.05) is 0 Å². The zero-order chi connectivity index (χ0) is 13.6. The third-order valence-corrected chi connectivity index (χ3v) is 4.60. The Morgan fingerprint density at radius 2 is 1.83 bits per heavy atom. The Kier molecular flexibility index (Phi) is 5.75. The second kappa shape index (κ2) is 6.85. The van der Waals surface area contributed by atoms with Crippen LogP contribution in [0, 0.1) is 0 Å². The van der Waals surface area contributed by atoms with Gasteiger partial charge in [-0.25, -0.2) is 8.42 Å². The average Bonchev–Trinajstić information content (AvgIpc) is 2.29. The number of thiocarbonyl (C=S) groups is 1. The van der Waals surface area contributed by atoms with E-state index in [1.54, 1.807) is 24.3 Å². The molecule has 0 fully saturated rings. The highest BCUT2D eigenvalue weighted by molar-refractivity contribution is 7.90. The van der Waals surface area contributed by atoms with Gasteiger partial charge in [0.05, 0.1) is 11.5 Å². The molecule has 0 unspecified atom stereocenters. The highest BCUT2D eigenvalue weighted by Gasteiger charge is 2.11. The van der Waals surface area contributed by atoms with E-state index in [-0.39, 0.29) is 11.5 Å². The van der Waals surface area contributed by atoms with E-state index in [9.17, 15) is 8.42 Å². The molecule has 0 aromatic heterocycles. The third-order valence-electron chi connectivity index (χ3n) is 2.68. The molecule has 18 heavy (non-hydrogen) atoms. The van der Waals surface area contributed by atoms with E-state index < -0.39 is 9.84 Å². The van der Waals surface area contributed by atoms with Gasteiger partial charge in [-0.2, -0.15) is 0 Å². The van der Waals surface area contributed by atoms with Crippen molar-refractivity contribution in [2.75, 3.05) is 5.75 Å². The van der Waals surface area contributed by atoms with Crippen LogP contribution in [0.3, 0.4) is 0 Å². The Balaban J connectivity index is 2.63. The van der Waals surface area contributed by atoms with Crippen molar-refractivity contribution >= 4 is 27.0 Å². The molecule has 0 aliphatic carbocycles. The molecule has 3 nitrogen and oxygen atoms in total. The first-order valence-electron chi connectivity index (χ1n) is 6.04. The zero-order valence-corrected chi connectivity index (χ0v) is 12.2. The summed E-state index contributed by atoms with van der Waals surface area (Å²) in [6.07, 6.45) is 2.72.